The second kappa shape index (κ2) is 15.8. The van der Waals surface area contributed by atoms with Crippen LogP contribution in [0.2, 0.25) is 0 Å². The number of thioether (sulfide) groups is 2. The van der Waals surface area contributed by atoms with Gasteiger partial charge in [-0.05, 0) is 85.8 Å². The molecule has 0 aromatic heterocycles. The van der Waals surface area contributed by atoms with Gasteiger partial charge in [-0.1, -0.05) is 138 Å². The van der Waals surface area contributed by atoms with E-state index in [9.17, 15) is 10.2 Å². The molecule has 268 valence electrons. The number of aryl methyl sites for hydroxylation is 4. The molecule has 0 saturated heterocycles. The molecule has 0 radical (unpaired) electrons. The first kappa shape index (κ1) is 38.4. The van der Waals surface area contributed by atoms with Crippen LogP contribution >= 0.6 is 23.5 Å². The molecular weight excluding hydrogens is 649 g/mol. The fourth-order valence-electron chi connectivity index (χ4n) is 7.37. The number of aromatic hydroxyl groups is 2. The van der Waals surface area contributed by atoms with E-state index in [1.54, 1.807) is 0 Å². The molecule has 2 atom stereocenters. The molecule has 0 heterocycles. The zero-order chi connectivity index (χ0) is 36.4. The van der Waals surface area contributed by atoms with Gasteiger partial charge in [0.2, 0.25) is 0 Å². The molecule has 0 bridgehead atoms. The third-order valence-corrected chi connectivity index (χ3v) is 13.3. The Morgan fingerprint density at radius 2 is 0.840 bits per heavy atom. The van der Waals surface area contributed by atoms with E-state index in [0.29, 0.717) is 22.0 Å². The molecular formula is C46H60O2S2. The maximum absolute atomic E-state index is 11.8. The monoisotopic (exact) mass is 708 g/mol. The third-order valence-electron chi connectivity index (χ3n) is 10.2. The van der Waals surface area contributed by atoms with Crippen LogP contribution in [0.25, 0.3) is 22.3 Å². The van der Waals surface area contributed by atoms with Gasteiger partial charge in [-0.25, -0.2) is 0 Å². The maximum atomic E-state index is 11.8. The Hall–Kier alpha value is -2.82. The van der Waals surface area contributed by atoms with E-state index in [-0.39, 0.29) is 10.8 Å². The van der Waals surface area contributed by atoms with Crippen LogP contribution in [0.3, 0.4) is 0 Å². The van der Waals surface area contributed by atoms with Gasteiger partial charge in [0.05, 0.1) is 0 Å². The quantitative estimate of drug-likeness (QED) is 0.191. The highest BCUT2D eigenvalue weighted by atomic mass is 32.2. The summed E-state index contributed by atoms with van der Waals surface area (Å²) in [5.41, 5.74) is 13.5. The fourth-order valence-corrected chi connectivity index (χ4v) is 10.4. The Bertz CT molecular complexity index is 1630. The minimum absolute atomic E-state index is 0.0288. The third kappa shape index (κ3) is 9.53. The maximum Gasteiger partial charge on any atom is 0.127 e. The topological polar surface area (TPSA) is 40.5 Å². The molecule has 0 spiro atoms. The van der Waals surface area contributed by atoms with Crippen molar-refractivity contribution in [2.24, 2.45) is 0 Å². The summed E-state index contributed by atoms with van der Waals surface area (Å²) in [6.07, 6.45) is 7.46. The lowest BCUT2D eigenvalue weighted by atomic mass is 9.83. The van der Waals surface area contributed by atoms with Gasteiger partial charge in [0, 0.05) is 44.3 Å². The molecule has 1 fully saturated rings. The lowest BCUT2D eigenvalue weighted by Gasteiger charge is -2.30. The molecule has 1 saturated carbocycles. The molecule has 0 aliphatic heterocycles. The summed E-state index contributed by atoms with van der Waals surface area (Å²) < 4.78 is 0. The van der Waals surface area contributed by atoms with Crippen molar-refractivity contribution in [2.45, 2.75) is 141 Å². The first-order valence-electron chi connectivity index (χ1n) is 18.6. The van der Waals surface area contributed by atoms with Crippen LogP contribution in [-0.4, -0.2) is 20.7 Å². The summed E-state index contributed by atoms with van der Waals surface area (Å²) in [5.74, 6) is 2.43. The molecule has 0 unspecified atom stereocenters. The zero-order valence-electron chi connectivity index (χ0n) is 32.3. The van der Waals surface area contributed by atoms with Gasteiger partial charge >= 0.3 is 0 Å². The van der Waals surface area contributed by atoms with Crippen molar-refractivity contribution in [1.29, 1.82) is 0 Å². The molecule has 5 rings (SSSR count). The number of hydrogen-bond acceptors (Lipinski definition) is 4. The normalized spacial score (nSPS) is 17.4. The average Bonchev–Trinajstić information content (AvgIpc) is 2.99. The second-order valence-corrected chi connectivity index (χ2v) is 19.5. The van der Waals surface area contributed by atoms with Crippen LogP contribution in [-0.2, 0) is 22.3 Å². The lowest BCUT2D eigenvalue weighted by Crippen LogP contribution is -2.22. The highest BCUT2D eigenvalue weighted by molar-refractivity contribution is 8.03. The van der Waals surface area contributed by atoms with E-state index in [1.165, 1.54) is 71.9 Å². The summed E-state index contributed by atoms with van der Waals surface area (Å²) in [5, 5.41) is 24.5. The Morgan fingerprint density at radius 1 is 0.500 bits per heavy atom. The molecule has 0 amide bonds. The predicted octanol–water partition coefficient (Wildman–Crippen LogP) is 13.5. The molecule has 1 aliphatic rings. The smallest absolute Gasteiger partial charge is 0.127 e. The minimum atomic E-state index is -0.0288. The van der Waals surface area contributed by atoms with Gasteiger partial charge < -0.3 is 10.2 Å². The highest BCUT2D eigenvalue weighted by Gasteiger charge is 2.27. The van der Waals surface area contributed by atoms with Crippen molar-refractivity contribution in [2.75, 3.05) is 0 Å². The predicted molar refractivity (Wildman–Crippen MR) is 221 cm³/mol. The number of phenolic OH excluding ortho intramolecular Hbond substituents is 2. The molecule has 4 heteroatoms. The SMILES string of the molecule is Cc1cc(C)cc(-c2cc(C(C)(C)C)cc(CS[C@H]3CCCCCC[C@@H]3SCc3cc(C(C)(C)C)cc(-c4cc(C)cc(C)c4)c3O)c2O)c1. The van der Waals surface area contributed by atoms with Gasteiger partial charge in [-0.2, -0.15) is 23.5 Å². The Labute approximate surface area is 311 Å². The van der Waals surface area contributed by atoms with Gasteiger partial charge in [0.25, 0.3) is 0 Å². The van der Waals surface area contributed by atoms with Crippen LogP contribution in [0.15, 0.2) is 60.7 Å². The van der Waals surface area contributed by atoms with Gasteiger partial charge in [-0.3, -0.25) is 0 Å². The van der Waals surface area contributed by atoms with Crippen molar-refractivity contribution >= 4 is 23.5 Å². The van der Waals surface area contributed by atoms with E-state index < -0.39 is 0 Å². The first-order valence-corrected chi connectivity index (χ1v) is 20.7. The van der Waals surface area contributed by atoms with Crippen molar-refractivity contribution in [3.05, 3.63) is 105 Å². The number of hydrogen-bond donors (Lipinski definition) is 2. The number of phenols is 2. The standard InChI is InChI=1S/C46H60O2S2/c1-29-17-30(2)20-33(19-29)39-25-37(45(5,6)7)23-35(43(39)47)27-49-41-15-13-11-12-14-16-42(41)50-28-36-24-38(46(8,9)10)26-40(44(36)48)34-21-31(3)18-32(4)22-34/h17-26,41-42,47-48H,11-16,27-28H2,1-10H3/t41-,42-/m0/s1. The summed E-state index contributed by atoms with van der Waals surface area (Å²) >= 11 is 4.06. The number of rotatable bonds is 8. The Balaban J connectivity index is 1.44. The van der Waals surface area contributed by atoms with Gasteiger partial charge in [-0.15, -0.1) is 0 Å². The van der Waals surface area contributed by atoms with Crippen LogP contribution in [0.1, 0.15) is 125 Å². The van der Waals surface area contributed by atoms with Gasteiger partial charge in [0.15, 0.2) is 0 Å². The largest absolute Gasteiger partial charge is 0.507 e. The molecule has 1 aliphatic carbocycles. The van der Waals surface area contributed by atoms with Crippen LogP contribution in [0, 0.1) is 27.7 Å². The zero-order valence-corrected chi connectivity index (χ0v) is 33.9. The van der Waals surface area contributed by atoms with Crippen LogP contribution in [0.5, 0.6) is 11.5 Å². The highest BCUT2D eigenvalue weighted by Crippen LogP contribution is 2.44. The van der Waals surface area contributed by atoms with Crippen LogP contribution in [0.4, 0.5) is 0 Å². The van der Waals surface area contributed by atoms with E-state index in [0.717, 1.165) is 44.9 Å². The van der Waals surface area contributed by atoms with Gasteiger partial charge in [0.1, 0.15) is 11.5 Å². The van der Waals surface area contributed by atoms with E-state index >= 15 is 0 Å². The Morgan fingerprint density at radius 3 is 1.16 bits per heavy atom. The molecule has 2 N–H and O–H groups in total. The molecule has 2 nitrogen and oxygen atoms in total. The van der Waals surface area contributed by atoms with E-state index in [4.69, 9.17) is 0 Å². The first-order chi connectivity index (χ1) is 23.5. The van der Waals surface area contributed by atoms with E-state index in [1.807, 2.05) is 23.5 Å². The summed E-state index contributed by atoms with van der Waals surface area (Å²) in [4.78, 5) is 0. The van der Waals surface area contributed by atoms with Crippen molar-refractivity contribution in [1.82, 2.24) is 0 Å². The lowest BCUT2D eigenvalue weighted by molar-refractivity contribution is 0.470. The van der Waals surface area contributed by atoms with Crippen LogP contribution < -0.4 is 0 Å². The Kier molecular flexibility index (Phi) is 12.2. The number of benzene rings is 4. The molecule has 4 aromatic rings. The minimum Gasteiger partial charge on any atom is -0.507 e. The summed E-state index contributed by atoms with van der Waals surface area (Å²) in [6, 6.07) is 22.1. The van der Waals surface area contributed by atoms with Crippen molar-refractivity contribution in [3.8, 4) is 33.8 Å². The van der Waals surface area contributed by atoms with E-state index in [2.05, 4.69) is 130 Å². The average molecular weight is 709 g/mol. The van der Waals surface area contributed by atoms with Crippen molar-refractivity contribution in [3.63, 3.8) is 0 Å². The van der Waals surface area contributed by atoms with Crippen molar-refractivity contribution < 1.29 is 10.2 Å². The molecule has 50 heavy (non-hydrogen) atoms. The summed E-state index contributed by atoms with van der Waals surface area (Å²) in [7, 11) is 0. The molecule has 4 aromatic carbocycles. The fraction of sp³-hybridized carbons (Fsp3) is 0.478. The summed E-state index contributed by atoms with van der Waals surface area (Å²) in [6.45, 7) is 22.1. The second-order valence-electron chi connectivity index (χ2n) is 17.0.